The summed E-state index contributed by atoms with van der Waals surface area (Å²) in [4.78, 5) is 12.8. The topological polar surface area (TPSA) is 74.0 Å². The van der Waals surface area contributed by atoms with Crippen LogP contribution in [-0.4, -0.2) is 32.6 Å². The maximum Gasteiger partial charge on any atom is 0.275 e. The Hall–Kier alpha value is -3.87. The van der Waals surface area contributed by atoms with Crippen LogP contribution in [0, 0.1) is 13.8 Å². The largest absolute Gasteiger partial charge is 0.493 e. The van der Waals surface area contributed by atoms with Gasteiger partial charge in [0, 0.05) is 17.8 Å². The van der Waals surface area contributed by atoms with Crippen LogP contribution in [0.2, 0.25) is 0 Å². The van der Waals surface area contributed by atoms with E-state index in [4.69, 9.17) is 4.74 Å². The third-order valence-electron chi connectivity index (χ3n) is 5.00. The van der Waals surface area contributed by atoms with Crippen LogP contribution >= 0.6 is 0 Å². The summed E-state index contributed by atoms with van der Waals surface area (Å²) in [6.07, 6.45) is 1.70. The minimum absolute atomic E-state index is 0.243. The number of para-hydroxylation sites is 2. The lowest BCUT2D eigenvalue weighted by atomic mass is 10.2. The molecule has 0 saturated carbocycles. The molecule has 0 fully saturated rings. The average molecular weight is 401 g/mol. The van der Waals surface area contributed by atoms with Gasteiger partial charge in [0.05, 0.1) is 30.4 Å². The maximum absolute atomic E-state index is 12.8. The van der Waals surface area contributed by atoms with Gasteiger partial charge in [0.1, 0.15) is 0 Å². The van der Waals surface area contributed by atoms with Crippen LogP contribution in [0.15, 0.2) is 66.9 Å². The molecule has 0 aliphatic rings. The lowest BCUT2D eigenvalue weighted by Crippen LogP contribution is -2.24. The van der Waals surface area contributed by atoms with Crippen molar-refractivity contribution in [2.24, 2.45) is 0 Å². The molecular weight excluding hydrogens is 378 g/mol. The van der Waals surface area contributed by atoms with Crippen molar-refractivity contribution in [2.75, 3.05) is 7.11 Å². The Kier molecular flexibility index (Phi) is 5.34. The smallest absolute Gasteiger partial charge is 0.275 e. The molecule has 2 aromatic carbocycles. The molecule has 7 heteroatoms. The summed E-state index contributed by atoms with van der Waals surface area (Å²) in [5.74, 6) is 0.123. The molecule has 2 aromatic heterocycles. The number of benzene rings is 2. The molecule has 152 valence electrons. The lowest BCUT2D eigenvalue weighted by molar-refractivity contribution is 0.0942. The number of nitrogens with zero attached hydrogens (tertiary/aromatic N) is 4. The summed E-state index contributed by atoms with van der Waals surface area (Å²) in [5.41, 5.74) is 4.92. The third-order valence-corrected chi connectivity index (χ3v) is 5.00. The molecule has 0 aliphatic heterocycles. The second-order valence-corrected chi connectivity index (χ2v) is 6.91. The van der Waals surface area contributed by atoms with Crippen molar-refractivity contribution in [3.05, 3.63) is 89.5 Å². The van der Waals surface area contributed by atoms with Gasteiger partial charge in [-0.05, 0) is 38.1 Å². The highest BCUT2D eigenvalue weighted by Crippen LogP contribution is 2.21. The molecule has 0 radical (unpaired) electrons. The van der Waals surface area contributed by atoms with Crippen LogP contribution in [0.5, 0.6) is 5.75 Å². The molecular formula is C23H23N5O2. The molecule has 0 unspecified atom stereocenters. The lowest BCUT2D eigenvalue weighted by Gasteiger charge is -2.07. The number of rotatable bonds is 6. The normalized spacial score (nSPS) is 10.8. The fourth-order valence-corrected chi connectivity index (χ4v) is 3.38. The first-order valence-corrected chi connectivity index (χ1v) is 9.66. The zero-order chi connectivity index (χ0) is 21.1. The van der Waals surface area contributed by atoms with Crippen LogP contribution in [0.1, 0.15) is 27.4 Å². The van der Waals surface area contributed by atoms with E-state index in [1.54, 1.807) is 10.9 Å². The van der Waals surface area contributed by atoms with E-state index in [1.165, 1.54) is 7.11 Å². The van der Waals surface area contributed by atoms with E-state index in [0.29, 0.717) is 12.3 Å². The number of hydrogen-bond donors (Lipinski definition) is 1. The summed E-state index contributed by atoms with van der Waals surface area (Å²) in [6, 6.07) is 19.5. The highest BCUT2D eigenvalue weighted by molar-refractivity contribution is 5.94. The fourth-order valence-electron chi connectivity index (χ4n) is 3.38. The number of carbonyl (C=O) groups excluding carboxylic acids is 1. The predicted molar refractivity (Wildman–Crippen MR) is 114 cm³/mol. The van der Waals surface area contributed by atoms with Crippen molar-refractivity contribution in [1.29, 1.82) is 0 Å². The van der Waals surface area contributed by atoms with Crippen molar-refractivity contribution in [3.63, 3.8) is 0 Å². The maximum atomic E-state index is 12.8. The fraction of sp³-hybridized carbons (Fsp3) is 0.174. The molecule has 0 bridgehead atoms. The quantitative estimate of drug-likeness (QED) is 0.536. The van der Waals surface area contributed by atoms with Gasteiger partial charge >= 0.3 is 0 Å². The monoisotopic (exact) mass is 401 g/mol. The molecule has 1 amide bonds. The van der Waals surface area contributed by atoms with Crippen molar-refractivity contribution in [3.8, 4) is 17.1 Å². The molecule has 2 heterocycles. The van der Waals surface area contributed by atoms with E-state index in [1.807, 2.05) is 79.2 Å². The van der Waals surface area contributed by atoms with Crippen LogP contribution in [-0.2, 0) is 6.54 Å². The number of nitrogens with one attached hydrogen (secondary N) is 1. The summed E-state index contributed by atoms with van der Waals surface area (Å²) >= 11 is 0. The van der Waals surface area contributed by atoms with Crippen molar-refractivity contribution in [2.45, 2.75) is 20.4 Å². The average Bonchev–Trinajstić information content (AvgIpc) is 3.34. The Bertz CT molecular complexity index is 1160. The minimum Gasteiger partial charge on any atom is -0.493 e. The van der Waals surface area contributed by atoms with Gasteiger partial charge in [0.25, 0.3) is 5.91 Å². The van der Waals surface area contributed by atoms with E-state index in [0.717, 1.165) is 28.3 Å². The van der Waals surface area contributed by atoms with Gasteiger partial charge in [-0.25, -0.2) is 9.36 Å². The Morgan fingerprint density at radius 1 is 0.967 bits per heavy atom. The Morgan fingerprint density at radius 2 is 1.60 bits per heavy atom. The zero-order valence-electron chi connectivity index (χ0n) is 17.2. The third kappa shape index (κ3) is 3.69. The predicted octanol–water partition coefficient (Wildman–Crippen LogP) is 3.61. The molecule has 7 nitrogen and oxygen atoms in total. The Labute approximate surface area is 174 Å². The first kappa shape index (κ1) is 19.4. The second-order valence-electron chi connectivity index (χ2n) is 6.91. The zero-order valence-corrected chi connectivity index (χ0v) is 17.2. The van der Waals surface area contributed by atoms with Gasteiger partial charge in [0.15, 0.2) is 11.4 Å². The summed E-state index contributed by atoms with van der Waals surface area (Å²) in [5, 5.41) is 12.0. The molecule has 4 rings (SSSR count). The van der Waals surface area contributed by atoms with Gasteiger partial charge in [-0.3, -0.25) is 4.79 Å². The second kappa shape index (κ2) is 8.24. The standard InChI is InChI=1S/C23H23N5O2/c1-16-20(17(2)28(25-16)19-12-8-5-9-13-19)14-24-23(29)22-21(30-3)15-27(26-22)18-10-6-4-7-11-18/h4-13,15H,14H2,1-3H3,(H,24,29). The van der Waals surface area contributed by atoms with Gasteiger partial charge < -0.3 is 10.1 Å². The van der Waals surface area contributed by atoms with Crippen LogP contribution < -0.4 is 10.1 Å². The number of carbonyl (C=O) groups is 1. The molecule has 1 N–H and O–H groups in total. The minimum atomic E-state index is -0.298. The van der Waals surface area contributed by atoms with Gasteiger partial charge in [-0.1, -0.05) is 36.4 Å². The van der Waals surface area contributed by atoms with Crippen LogP contribution in [0.3, 0.4) is 0 Å². The summed E-state index contributed by atoms with van der Waals surface area (Å²) in [6.45, 7) is 4.29. The molecule has 0 aliphatic carbocycles. The Balaban J connectivity index is 1.55. The number of hydrogen-bond acceptors (Lipinski definition) is 4. The van der Waals surface area contributed by atoms with Gasteiger partial charge in [-0.2, -0.15) is 10.2 Å². The number of aromatic nitrogens is 4. The van der Waals surface area contributed by atoms with E-state index >= 15 is 0 Å². The van der Waals surface area contributed by atoms with Crippen molar-refractivity contribution < 1.29 is 9.53 Å². The number of aryl methyl sites for hydroxylation is 1. The van der Waals surface area contributed by atoms with E-state index in [2.05, 4.69) is 15.5 Å². The molecule has 0 spiro atoms. The SMILES string of the molecule is COc1cn(-c2ccccc2)nc1C(=O)NCc1c(C)nn(-c2ccccc2)c1C. The molecule has 4 aromatic rings. The van der Waals surface area contributed by atoms with Crippen molar-refractivity contribution >= 4 is 5.91 Å². The van der Waals surface area contributed by atoms with E-state index < -0.39 is 0 Å². The summed E-state index contributed by atoms with van der Waals surface area (Å²) in [7, 11) is 1.53. The highest BCUT2D eigenvalue weighted by Gasteiger charge is 2.20. The van der Waals surface area contributed by atoms with Gasteiger partial charge in [-0.15, -0.1) is 0 Å². The van der Waals surface area contributed by atoms with Crippen molar-refractivity contribution in [1.82, 2.24) is 24.9 Å². The number of methoxy groups -OCH3 is 1. The number of ether oxygens (including phenoxy) is 1. The Morgan fingerprint density at radius 3 is 2.23 bits per heavy atom. The highest BCUT2D eigenvalue weighted by atomic mass is 16.5. The first-order chi connectivity index (χ1) is 14.6. The van der Waals surface area contributed by atoms with E-state index in [-0.39, 0.29) is 11.6 Å². The molecule has 0 saturated heterocycles. The summed E-state index contributed by atoms with van der Waals surface area (Å²) < 4.78 is 8.90. The molecule has 30 heavy (non-hydrogen) atoms. The van der Waals surface area contributed by atoms with Gasteiger partial charge in [0.2, 0.25) is 0 Å². The molecule has 0 atom stereocenters. The number of amides is 1. The van der Waals surface area contributed by atoms with Crippen LogP contribution in [0.4, 0.5) is 0 Å². The van der Waals surface area contributed by atoms with Crippen LogP contribution in [0.25, 0.3) is 11.4 Å². The van der Waals surface area contributed by atoms with E-state index in [9.17, 15) is 4.79 Å². The first-order valence-electron chi connectivity index (χ1n) is 9.66.